The zero-order chi connectivity index (χ0) is 49.5. The molecular weight excluding hydrogens is 857 g/mol. The van der Waals surface area contributed by atoms with Crippen LogP contribution in [0.25, 0.3) is 0 Å². The first-order chi connectivity index (χ1) is 33.2. The Bertz CT molecular complexity index is 1510. The van der Waals surface area contributed by atoms with Gasteiger partial charge in [-0.3, -0.25) is 4.90 Å². The molecule has 0 N–H and O–H groups in total. The summed E-state index contributed by atoms with van der Waals surface area (Å²) >= 11 is 0. The first-order valence-electron chi connectivity index (χ1n) is 29.3. The van der Waals surface area contributed by atoms with Gasteiger partial charge in [0, 0.05) is 39.3 Å². The van der Waals surface area contributed by atoms with Crippen molar-refractivity contribution in [2.24, 2.45) is 46.3 Å². The molecule has 3 saturated carbocycles. The van der Waals surface area contributed by atoms with E-state index in [4.69, 9.17) is 23.7 Å². The molecule has 0 aromatic rings. The lowest BCUT2D eigenvalue weighted by molar-refractivity contribution is -0.0743. The maximum Gasteiger partial charge on any atom is 0.410 e. The quantitative estimate of drug-likeness (QED) is 0.0491. The van der Waals surface area contributed by atoms with Gasteiger partial charge in [0.15, 0.2) is 0 Å². The molecule has 1 amide bonds. The fourth-order valence-electron chi connectivity index (χ4n) is 13.7. The summed E-state index contributed by atoms with van der Waals surface area (Å²) in [5.41, 5.74) is 2.12. The number of unbranched alkanes of at least 4 members (excludes halogenated alkanes) is 9. The maximum absolute atomic E-state index is 12.7. The molecule has 398 valence electrons. The summed E-state index contributed by atoms with van der Waals surface area (Å²) in [7, 11) is 0. The van der Waals surface area contributed by atoms with Crippen LogP contribution in [0, 0.1) is 46.3 Å². The first-order valence-corrected chi connectivity index (χ1v) is 29.3. The summed E-state index contributed by atoms with van der Waals surface area (Å²) in [4.78, 5) is 16.9. The van der Waals surface area contributed by atoms with Crippen LogP contribution in [0.15, 0.2) is 36.0 Å². The van der Waals surface area contributed by atoms with E-state index in [-0.39, 0.29) is 12.2 Å². The van der Waals surface area contributed by atoms with Crippen molar-refractivity contribution in [3.05, 3.63) is 36.0 Å². The molecular formula is C61H108N2O6. The SMILES string of the molecule is CCCCC/C=C\C/C=C\CCCCCCCCOCC(CN1CCN(C(=O)OC(C)(C)C)CC1)OCCOCCO[C@H]1CC[C@@]2(C)C(=CC[C@H]3[C@@H]4CC[C@H]([C@H](C)CCCC(C)C)[C@@]4(C)CC[C@@H]32)C1. The molecule has 0 aromatic heterocycles. The van der Waals surface area contributed by atoms with Gasteiger partial charge in [-0.25, -0.2) is 4.79 Å². The van der Waals surface area contributed by atoms with Crippen LogP contribution in [-0.2, 0) is 23.7 Å². The molecule has 0 aromatic carbocycles. The van der Waals surface area contributed by atoms with Gasteiger partial charge < -0.3 is 28.6 Å². The number of hydrogen-bond acceptors (Lipinski definition) is 7. The number of allylic oxidation sites excluding steroid dienone is 5. The van der Waals surface area contributed by atoms with Crippen molar-refractivity contribution in [1.82, 2.24) is 9.80 Å². The van der Waals surface area contributed by atoms with Crippen LogP contribution >= 0.6 is 0 Å². The normalized spacial score (nSPS) is 28.5. The number of carbonyl (C=O) groups excluding carboxylic acids is 1. The van der Waals surface area contributed by atoms with Crippen molar-refractivity contribution < 1.29 is 28.5 Å². The second-order valence-corrected chi connectivity index (χ2v) is 24.6. The highest BCUT2D eigenvalue weighted by molar-refractivity contribution is 5.68. The number of carbonyl (C=O) groups is 1. The van der Waals surface area contributed by atoms with Gasteiger partial charge in [-0.1, -0.05) is 135 Å². The molecule has 4 fully saturated rings. The molecule has 8 heteroatoms. The second-order valence-electron chi connectivity index (χ2n) is 24.6. The van der Waals surface area contributed by atoms with E-state index in [0.717, 1.165) is 81.0 Å². The molecule has 0 radical (unpaired) electrons. The van der Waals surface area contributed by atoms with Crippen molar-refractivity contribution in [2.75, 3.05) is 72.4 Å². The number of fused-ring (bicyclic) bond motifs is 5. The Morgan fingerprint density at radius 3 is 2.19 bits per heavy atom. The monoisotopic (exact) mass is 965 g/mol. The smallest absolute Gasteiger partial charge is 0.410 e. The minimum absolute atomic E-state index is 0.0430. The van der Waals surface area contributed by atoms with E-state index in [1.807, 2.05) is 25.7 Å². The highest BCUT2D eigenvalue weighted by atomic mass is 16.6. The van der Waals surface area contributed by atoms with E-state index < -0.39 is 5.60 Å². The van der Waals surface area contributed by atoms with Gasteiger partial charge >= 0.3 is 6.09 Å². The molecule has 1 unspecified atom stereocenters. The minimum Gasteiger partial charge on any atom is -0.444 e. The van der Waals surface area contributed by atoms with Gasteiger partial charge in [0.2, 0.25) is 0 Å². The van der Waals surface area contributed by atoms with E-state index in [0.29, 0.717) is 63.1 Å². The van der Waals surface area contributed by atoms with Gasteiger partial charge in [-0.15, -0.1) is 0 Å². The summed E-state index contributed by atoms with van der Waals surface area (Å²) in [6, 6.07) is 0. The third kappa shape index (κ3) is 19.3. The third-order valence-corrected chi connectivity index (χ3v) is 17.7. The van der Waals surface area contributed by atoms with Gasteiger partial charge in [0.25, 0.3) is 0 Å². The molecule has 5 rings (SSSR count). The molecule has 1 aliphatic heterocycles. The van der Waals surface area contributed by atoms with Crippen molar-refractivity contribution in [1.29, 1.82) is 0 Å². The summed E-state index contributed by atoms with van der Waals surface area (Å²) in [5.74, 6) is 5.25. The minimum atomic E-state index is -0.487. The third-order valence-electron chi connectivity index (χ3n) is 17.7. The number of nitrogens with zero attached hydrogens (tertiary/aromatic N) is 2. The number of hydrogen-bond donors (Lipinski definition) is 0. The Kier molecular flexibility index (Phi) is 25.7. The van der Waals surface area contributed by atoms with Crippen molar-refractivity contribution in [2.45, 2.75) is 228 Å². The van der Waals surface area contributed by atoms with E-state index in [2.05, 4.69) is 76.8 Å². The van der Waals surface area contributed by atoms with Gasteiger partial charge in [-0.2, -0.15) is 0 Å². The van der Waals surface area contributed by atoms with E-state index >= 15 is 0 Å². The highest BCUT2D eigenvalue weighted by Gasteiger charge is 2.59. The van der Waals surface area contributed by atoms with E-state index in [1.165, 1.54) is 128 Å². The lowest BCUT2D eigenvalue weighted by Crippen LogP contribution is -2.52. The summed E-state index contributed by atoms with van der Waals surface area (Å²) in [6.07, 6.45) is 41.9. The summed E-state index contributed by atoms with van der Waals surface area (Å²) in [5, 5.41) is 0. The van der Waals surface area contributed by atoms with Gasteiger partial charge in [0.1, 0.15) is 5.60 Å². The van der Waals surface area contributed by atoms with Crippen LogP contribution in [-0.4, -0.2) is 106 Å². The van der Waals surface area contributed by atoms with Crippen LogP contribution in [0.5, 0.6) is 0 Å². The zero-order valence-electron chi connectivity index (χ0n) is 46.4. The lowest BCUT2D eigenvalue weighted by Gasteiger charge is -2.58. The lowest BCUT2D eigenvalue weighted by atomic mass is 9.47. The van der Waals surface area contributed by atoms with Crippen LogP contribution < -0.4 is 0 Å². The largest absolute Gasteiger partial charge is 0.444 e. The highest BCUT2D eigenvalue weighted by Crippen LogP contribution is 2.67. The average Bonchev–Trinajstić information content (AvgIpc) is 3.67. The number of amides is 1. The fraction of sp³-hybridized carbons (Fsp3) is 0.885. The molecule has 4 aliphatic carbocycles. The van der Waals surface area contributed by atoms with Crippen molar-refractivity contribution in [3.8, 4) is 0 Å². The van der Waals surface area contributed by atoms with E-state index in [1.54, 1.807) is 5.57 Å². The number of piperazine rings is 1. The van der Waals surface area contributed by atoms with E-state index in [9.17, 15) is 4.79 Å². The maximum atomic E-state index is 12.7. The molecule has 1 saturated heterocycles. The molecule has 9 atom stereocenters. The second kappa shape index (κ2) is 30.5. The van der Waals surface area contributed by atoms with Crippen LogP contribution in [0.2, 0.25) is 0 Å². The predicted octanol–water partition coefficient (Wildman–Crippen LogP) is 15.2. The Morgan fingerprint density at radius 2 is 1.46 bits per heavy atom. The standard InChI is InChI=1S/C61H108N2O6/c1-10-11-12-13-14-15-16-17-18-19-20-21-22-23-24-25-41-66-48-53(47-62-37-39-63(40-38-62)58(64)69-59(5,6)7)68-45-43-65-42-44-67-52-33-35-60(8)51(46-52)29-30-54-56-32-31-55(50(4)28-26-27-49(2)3)61(56,9)36-34-57(54)60/h14-15,17-18,29,49-50,52-57H,10-13,16,19-28,30-48H2,1-9H3/b15-14-,18-17-/t50-,52+,53?,54+,55-,56+,57+,60+,61-/m1/s1. The molecule has 1 heterocycles. The number of ether oxygens (including phenoxy) is 5. The number of rotatable bonds is 32. The Balaban J connectivity index is 0.964. The van der Waals surface area contributed by atoms with Crippen LogP contribution in [0.1, 0.15) is 210 Å². The molecule has 0 spiro atoms. The predicted molar refractivity (Wildman–Crippen MR) is 288 cm³/mol. The Labute approximate surface area is 425 Å². The van der Waals surface area contributed by atoms with Gasteiger partial charge in [-0.05, 0) is 157 Å². The van der Waals surface area contributed by atoms with Crippen molar-refractivity contribution >= 4 is 6.09 Å². The fourth-order valence-corrected chi connectivity index (χ4v) is 13.7. The molecule has 8 nitrogen and oxygen atoms in total. The Hall–Kier alpha value is -1.71. The first kappa shape index (κ1) is 58.2. The van der Waals surface area contributed by atoms with Gasteiger partial charge in [0.05, 0.1) is 45.2 Å². The molecule has 69 heavy (non-hydrogen) atoms. The Morgan fingerprint density at radius 1 is 0.754 bits per heavy atom. The van der Waals surface area contributed by atoms with Crippen molar-refractivity contribution in [3.63, 3.8) is 0 Å². The van der Waals surface area contributed by atoms with Crippen LogP contribution in [0.3, 0.4) is 0 Å². The topological polar surface area (TPSA) is 69.7 Å². The zero-order valence-corrected chi connectivity index (χ0v) is 46.4. The molecule has 5 aliphatic rings. The summed E-state index contributed by atoms with van der Waals surface area (Å²) < 4.78 is 31.0. The molecule has 0 bridgehead atoms. The van der Waals surface area contributed by atoms with Crippen LogP contribution in [0.4, 0.5) is 4.79 Å². The average molecular weight is 966 g/mol. The summed E-state index contributed by atoms with van der Waals surface area (Å²) in [6.45, 7) is 28.1.